The van der Waals surface area contributed by atoms with Crippen LogP contribution in [-0.2, 0) is 6.54 Å². The SMILES string of the molecule is CCOc1c(Br)cc(CNc2cccc(I)c2)cc1OC. The van der Waals surface area contributed by atoms with E-state index in [-0.39, 0.29) is 0 Å². The summed E-state index contributed by atoms with van der Waals surface area (Å²) >= 11 is 5.85. The van der Waals surface area contributed by atoms with Gasteiger partial charge >= 0.3 is 0 Å². The molecular weight excluding hydrogens is 445 g/mol. The van der Waals surface area contributed by atoms with Crippen molar-refractivity contribution < 1.29 is 9.47 Å². The Morgan fingerprint density at radius 1 is 1.24 bits per heavy atom. The molecule has 3 nitrogen and oxygen atoms in total. The summed E-state index contributed by atoms with van der Waals surface area (Å²) in [6.07, 6.45) is 0. The quantitative estimate of drug-likeness (QED) is 0.609. The molecule has 2 aromatic carbocycles. The number of rotatable bonds is 6. The number of benzene rings is 2. The van der Waals surface area contributed by atoms with E-state index in [1.165, 1.54) is 3.57 Å². The average Bonchev–Trinajstić information content (AvgIpc) is 2.47. The van der Waals surface area contributed by atoms with Crippen molar-refractivity contribution in [3.63, 3.8) is 0 Å². The highest BCUT2D eigenvalue weighted by molar-refractivity contribution is 14.1. The van der Waals surface area contributed by atoms with Gasteiger partial charge in [0.05, 0.1) is 18.2 Å². The second kappa shape index (κ2) is 7.89. The summed E-state index contributed by atoms with van der Waals surface area (Å²) in [5.74, 6) is 1.49. The molecule has 0 amide bonds. The van der Waals surface area contributed by atoms with E-state index in [1.54, 1.807) is 7.11 Å². The van der Waals surface area contributed by atoms with Gasteiger partial charge in [-0.25, -0.2) is 0 Å². The van der Waals surface area contributed by atoms with E-state index in [1.807, 2.05) is 19.1 Å². The van der Waals surface area contributed by atoms with Crippen LogP contribution in [0.15, 0.2) is 40.9 Å². The number of hydrogen-bond acceptors (Lipinski definition) is 3. The summed E-state index contributed by atoms with van der Waals surface area (Å²) in [5.41, 5.74) is 2.23. The normalized spacial score (nSPS) is 10.3. The average molecular weight is 462 g/mol. The van der Waals surface area contributed by atoms with Gasteiger partial charge in [-0.05, 0) is 81.3 Å². The van der Waals surface area contributed by atoms with Gasteiger partial charge in [-0.2, -0.15) is 0 Å². The Balaban J connectivity index is 2.15. The number of nitrogens with one attached hydrogen (secondary N) is 1. The van der Waals surface area contributed by atoms with E-state index in [0.29, 0.717) is 6.61 Å². The highest BCUT2D eigenvalue weighted by atomic mass is 127. The molecule has 0 aliphatic heterocycles. The molecule has 21 heavy (non-hydrogen) atoms. The van der Waals surface area contributed by atoms with Crippen LogP contribution in [0.3, 0.4) is 0 Å². The molecule has 0 radical (unpaired) electrons. The second-order valence-electron chi connectivity index (χ2n) is 4.41. The zero-order valence-electron chi connectivity index (χ0n) is 12.0. The van der Waals surface area contributed by atoms with Gasteiger partial charge in [0.15, 0.2) is 11.5 Å². The smallest absolute Gasteiger partial charge is 0.175 e. The first kappa shape index (κ1) is 16.4. The first-order valence-electron chi connectivity index (χ1n) is 6.62. The number of ether oxygens (including phenoxy) is 2. The molecule has 0 aliphatic rings. The van der Waals surface area contributed by atoms with Crippen molar-refractivity contribution in [2.24, 2.45) is 0 Å². The number of hydrogen-bond donors (Lipinski definition) is 1. The van der Waals surface area contributed by atoms with Crippen LogP contribution >= 0.6 is 38.5 Å². The van der Waals surface area contributed by atoms with Gasteiger partial charge in [-0.3, -0.25) is 0 Å². The van der Waals surface area contributed by atoms with Crippen LogP contribution < -0.4 is 14.8 Å². The predicted octanol–water partition coefficient (Wildman–Crippen LogP) is 5.07. The van der Waals surface area contributed by atoms with Crippen molar-refractivity contribution in [1.82, 2.24) is 0 Å². The minimum absolute atomic E-state index is 0.606. The van der Waals surface area contributed by atoms with E-state index in [9.17, 15) is 0 Å². The molecule has 1 N–H and O–H groups in total. The van der Waals surface area contributed by atoms with Crippen LogP contribution in [0.4, 0.5) is 5.69 Å². The maximum Gasteiger partial charge on any atom is 0.175 e. The molecule has 0 saturated carbocycles. The Labute approximate surface area is 147 Å². The number of methoxy groups -OCH3 is 1. The molecule has 0 spiro atoms. The third-order valence-electron chi connectivity index (χ3n) is 2.90. The van der Waals surface area contributed by atoms with Crippen LogP contribution in [0.2, 0.25) is 0 Å². The Hall–Kier alpha value is -0.950. The fourth-order valence-electron chi connectivity index (χ4n) is 1.96. The fraction of sp³-hybridized carbons (Fsp3) is 0.250. The van der Waals surface area contributed by atoms with Gasteiger partial charge in [-0.15, -0.1) is 0 Å². The van der Waals surface area contributed by atoms with Crippen LogP contribution in [-0.4, -0.2) is 13.7 Å². The molecule has 0 fully saturated rings. The lowest BCUT2D eigenvalue weighted by Gasteiger charge is -2.14. The molecular formula is C16H17BrINO2. The third kappa shape index (κ3) is 4.51. The summed E-state index contributed by atoms with van der Waals surface area (Å²) < 4.78 is 13.1. The van der Waals surface area contributed by atoms with Gasteiger partial charge in [0.1, 0.15) is 0 Å². The maximum absolute atomic E-state index is 5.60. The van der Waals surface area contributed by atoms with Gasteiger partial charge < -0.3 is 14.8 Å². The Morgan fingerprint density at radius 3 is 2.71 bits per heavy atom. The van der Waals surface area contributed by atoms with E-state index in [2.05, 4.69) is 68.1 Å². The summed E-state index contributed by atoms with van der Waals surface area (Å²) in [4.78, 5) is 0. The Morgan fingerprint density at radius 2 is 2.05 bits per heavy atom. The third-order valence-corrected chi connectivity index (χ3v) is 4.16. The first-order chi connectivity index (χ1) is 10.1. The molecule has 5 heteroatoms. The molecule has 0 atom stereocenters. The Kier molecular flexibility index (Phi) is 6.17. The van der Waals surface area contributed by atoms with Crippen LogP contribution in [0.25, 0.3) is 0 Å². The number of halogens is 2. The van der Waals surface area contributed by atoms with Crippen molar-refractivity contribution in [1.29, 1.82) is 0 Å². The molecule has 0 aliphatic carbocycles. The molecule has 2 aromatic rings. The molecule has 0 bridgehead atoms. The molecule has 0 unspecified atom stereocenters. The zero-order chi connectivity index (χ0) is 15.2. The summed E-state index contributed by atoms with van der Waals surface area (Å²) in [5, 5.41) is 3.41. The van der Waals surface area contributed by atoms with Crippen molar-refractivity contribution in [2.45, 2.75) is 13.5 Å². The molecule has 112 valence electrons. The number of anilines is 1. The summed E-state index contributed by atoms with van der Waals surface area (Å²) in [7, 11) is 1.65. The predicted molar refractivity (Wildman–Crippen MR) is 98.3 cm³/mol. The van der Waals surface area contributed by atoms with E-state index in [0.717, 1.165) is 33.8 Å². The van der Waals surface area contributed by atoms with Gasteiger partial charge in [0, 0.05) is 15.8 Å². The van der Waals surface area contributed by atoms with Crippen molar-refractivity contribution >= 4 is 44.2 Å². The maximum atomic E-state index is 5.60. The monoisotopic (exact) mass is 461 g/mol. The summed E-state index contributed by atoms with van der Waals surface area (Å²) in [6.45, 7) is 3.29. The molecule has 0 saturated heterocycles. The van der Waals surface area contributed by atoms with E-state index >= 15 is 0 Å². The molecule has 2 rings (SSSR count). The van der Waals surface area contributed by atoms with E-state index < -0.39 is 0 Å². The van der Waals surface area contributed by atoms with E-state index in [4.69, 9.17) is 9.47 Å². The minimum atomic E-state index is 0.606. The molecule has 0 heterocycles. The zero-order valence-corrected chi connectivity index (χ0v) is 15.7. The van der Waals surface area contributed by atoms with Crippen LogP contribution in [0.1, 0.15) is 12.5 Å². The Bertz CT molecular complexity index is 619. The van der Waals surface area contributed by atoms with Gasteiger partial charge in [0.25, 0.3) is 0 Å². The van der Waals surface area contributed by atoms with Crippen molar-refractivity contribution in [3.05, 3.63) is 50.0 Å². The molecule has 0 aromatic heterocycles. The van der Waals surface area contributed by atoms with Crippen LogP contribution in [0, 0.1) is 3.57 Å². The minimum Gasteiger partial charge on any atom is -0.493 e. The second-order valence-corrected chi connectivity index (χ2v) is 6.51. The van der Waals surface area contributed by atoms with Gasteiger partial charge in [0.2, 0.25) is 0 Å². The first-order valence-corrected chi connectivity index (χ1v) is 8.50. The van der Waals surface area contributed by atoms with Crippen molar-refractivity contribution in [2.75, 3.05) is 19.0 Å². The highest BCUT2D eigenvalue weighted by Crippen LogP contribution is 2.36. The topological polar surface area (TPSA) is 30.5 Å². The highest BCUT2D eigenvalue weighted by Gasteiger charge is 2.11. The summed E-state index contributed by atoms with van der Waals surface area (Å²) in [6, 6.07) is 12.3. The lowest BCUT2D eigenvalue weighted by molar-refractivity contribution is 0.308. The van der Waals surface area contributed by atoms with Crippen LogP contribution in [0.5, 0.6) is 11.5 Å². The van der Waals surface area contributed by atoms with Gasteiger partial charge in [-0.1, -0.05) is 6.07 Å². The largest absolute Gasteiger partial charge is 0.493 e. The standard InChI is InChI=1S/C16H17BrINO2/c1-3-21-16-14(17)7-11(8-15(16)20-2)10-19-13-6-4-5-12(18)9-13/h4-9,19H,3,10H2,1-2H3. The lowest BCUT2D eigenvalue weighted by Crippen LogP contribution is -2.02. The fourth-order valence-corrected chi connectivity index (χ4v) is 3.11. The van der Waals surface area contributed by atoms with Crippen molar-refractivity contribution in [3.8, 4) is 11.5 Å². The lowest BCUT2D eigenvalue weighted by atomic mass is 10.2.